The van der Waals surface area contributed by atoms with Gasteiger partial charge in [-0.15, -0.1) is 0 Å². The van der Waals surface area contributed by atoms with Crippen LogP contribution in [-0.4, -0.2) is 62.1 Å². The molecule has 3 rings (SSSR count). The molecule has 6 nitrogen and oxygen atoms in total. The summed E-state index contributed by atoms with van der Waals surface area (Å²) in [7, 11) is 0. The Morgan fingerprint density at radius 1 is 1.10 bits per heavy atom. The minimum absolute atomic E-state index is 0.00200. The molecule has 1 saturated heterocycles. The highest BCUT2D eigenvalue weighted by atomic mass is 16.5. The Labute approximate surface area is 172 Å². The second-order valence-corrected chi connectivity index (χ2v) is 8.04. The van der Waals surface area contributed by atoms with Crippen LogP contribution in [0.25, 0.3) is 10.8 Å². The van der Waals surface area contributed by atoms with Crippen molar-refractivity contribution in [3.63, 3.8) is 0 Å². The van der Waals surface area contributed by atoms with Gasteiger partial charge in [0.1, 0.15) is 0 Å². The van der Waals surface area contributed by atoms with Crippen molar-refractivity contribution in [1.29, 1.82) is 0 Å². The molecule has 0 aliphatic carbocycles. The second kappa shape index (κ2) is 10.4. The third-order valence-corrected chi connectivity index (χ3v) is 5.05. The molecule has 0 spiro atoms. The Morgan fingerprint density at radius 3 is 2.72 bits per heavy atom. The summed E-state index contributed by atoms with van der Waals surface area (Å²) in [6.07, 6.45) is 0.252. The van der Waals surface area contributed by atoms with Gasteiger partial charge < -0.3 is 15.4 Å². The van der Waals surface area contributed by atoms with Crippen molar-refractivity contribution < 1.29 is 14.3 Å². The fraction of sp³-hybridized carbons (Fsp3) is 0.478. The zero-order chi connectivity index (χ0) is 20.6. The van der Waals surface area contributed by atoms with E-state index in [1.54, 1.807) is 0 Å². The quantitative estimate of drug-likeness (QED) is 0.715. The lowest BCUT2D eigenvalue weighted by molar-refractivity contribution is -0.126. The van der Waals surface area contributed by atoms with Crippen molar-refractivity contribution in [3.8, 4) is 0 Å². The number of nitrogens with one attached hydrogen (secondary N) is 2. The van der Waals surface area contributed by atoms with Gasteiger partial charge in [0.2, 0.25) is 11.8 Å². The average molecular weight is 398 g/mol. The summed E-state index contributed by atoms with van der Waals surface area (Å²) in [6.45, 7) is 8.34. The Balaban J connectivity index is 1.40. The van der Waals surface area contributed by atoms with E-state index in [0.29, 0.717) is 19.1 Å². The monoisotopic (exact) mass is 397 g/mol. The topological polar surface area (TPSA) is 70.7 Å². The van der Waals surface area contributed by atoms with Gasteiger partial charge in [-0.25, -0.2) is 0 Å². The second-order valence-electron chi connectivity index (χ2n) is 8.04. The molecule has 156 valence electrons. The van der Waals surface area contributed by atoms with Gasteiger partial charge in [0, 0.05) is 26.2 Å². The van der Waals surface area contributed by atoms with Crippen LogP contribution in [0.15, 0.2) is 42.5 Å². The van der Waals surface area contributed by atoms with Crippen molar-refractivity contribution in [1.82, 2.24) is 15.5 Å². The van der Waals surface area contributed by atoms with Crippen LogP contribution in [-0.2, 0) is 20.7 Å². The predicted molar refractivity (Wildman–Crippen MR) is 115 cm³/mol. The highest BCUT2D eigenvalue weighted by molar-refractivity contribution is 5.91. The van der Waals surface area contributed by atoms with Gasteiger partial charge in [-0.1, -0.05) is 56.3 Å². The molecular weight excluding hydrogens is 366 g/mol. The molecule has 6 heteroatoms. The molecule has 2 amide bonds. The number of fused-ring (bicyclic) bond motifs is 1. The van der Waals surface area contributed by atoms with Crippen molar-refractivity contribution in [2.45, 2.75) is 26.4 Å². The molecule has 2 aromatic rings. The first-order chi connectivity index (χ1) is 14.0. The molecular formula is C23H31N3O3. The third-order valence-electron chi connectivity index (χ3n) is 5.05. The number of nitrogens with zero attached hydrogens (tertiary/aromatic N) is 1. The van der Waals surface area contributed by atoms with Crippen molar-refractivity contribution in [2.75, 3.05) is 39.3 Å². The molecule has 0 unspecified atom stereocenters. The molecule has 1 aliphatic rings. The summed E-state index contributed by atoms with van der Waals surface area (Å²) >= 11 is 0. The van der Waals surface area contributed by atoms with Gasteiger partial charge in [0.25, 0.3) is 0 Å². The molecule has 1 atom stereocenters. The summed E-state index contributed by atoms with van der Waals surface area (Å²) < 4.78 is 5.74. The predicted octanol–water partition coefficient (Wildman–Crippen LogP) is 1.97. The van der Waals surface area contributed by atoms with Crippen LogP contribution in [0.4, 0.5) is 0 Å². The van der Waals surface area contributed by atoms with E-state index in [-0.39, 0.29) is 30.9 Å². The van der Waals surface area contributed by atoms with Crippen LogP contribution in [0.5, 0.6) is 0 Å². The van der Waals surface area contributed by atoms with E-state index in [1.807, 2.05) is 42.5 Å². The smallest absolute Gasteiger partial charge is 0.239 e. The number of amides is 2. The van der Waals surface area contributed by atoms with E-state index in [4.69, 9.17) is 4.74 Å². The first-order valence-electron chi connectivity index (χ1n) is 10.3. The lowest BCUT2D eigenvalue weighted by atomic mass is 10.0. The van der Waals surface area contributed by atoms with Crippen molar-refractivity contribution >= 4 is 22.6 Å². The highest BCUT2D eigenvalue weighted by Crippen LogP contribution is 2.18. The standard InChI is InChI=1S/C23H31N3O3/c1-17(2)15-26-10-11-29-20(16-26)13-24-23(28)14-25-22(27)12-19-8-5-7-18-6-3-4-9-21(18)19/h3-9,17,20H,10-16H2,1-2H3,(H,24,28)(H,25,27)/t20-/m0/s1. The first-order valence-corrected chi connectivity index (χ1v) is 10.3. The van der Waals surface area contributed by atoms with Gasteiger partial charge in [-0.2, -0.15) is 0 Å². The average Bonchev–Trinajstić information content (AvgIpc) is 2.71. The van der Waals surface area contributed by atoms with Crippen molar-refractivity contribution in [3.05, 3.63) is 48.0 Å². The summed E-state index contributed by atoms with van der Waals surface area (Å²) in [5, 5.41) is 7.76. The molecule has 0 radical (unpaired) electrons. The van der Waals surface area contributed by atoms with Gasteiger partial charge in [-0.3, -0.25) is 14.5 Å². The van der Waals surface area contributed by atoms with E-state index in [2.05, 4.69) is 29.4 Å². The lowest BCUT2D eigenvalue weighted by Crippen LogP contribution is -2.49. The highest BCUT2D eigenvalue weighted by Gasteiger charge is 2.21. The number of hydrogen-bond acceptors (Lipinski definition) is 4. The van der Waals surface area contributed by atoms with Crippen LogP contribution in [0, 0.1) is 5.92 Å². The molecule has 1 aliphatic heterocycles. The van der Waals surface area contributed by atoms with Crippen LogP contribution in [0.1, 0.15) is 19.4 Å². The van der Waals surface area contributed by atoms with Crippen LogP contribution < -0.4 is 10.6 Å². The molecule has 0 saturated carbocycles. The molecule has 0 aromatic heterocycles. The number of morpholine rings is 1. The molecule has 29 heavy (non-hydrogen) atoms. The summed E-state index contributed by atoms with van der Waals surface area (Å²) in [6, 6.07) is 13.9. The minimum atomic E-state index is -0.194. The summed E-state index contributed by atoms with van der Waals surface area (Å²) in [5.74, 6) is 0.259. The normalized spacial score (nSPS) is 17.4. The fourth-order valence-electron chi connectivity index (χ4n) is 3.74. The maximum atomic E-state index is 12.3. The Kier molecular flexibility index (Phi) is 7.61. The van der Waals surface area contributed by atoms with Gasteiger partial charge in [-0.05, 0) is 22.3 Å². The van der Waals surface area contributed by atoms with Crippen LogP contribution in [0.3, 0.4) is 0 Å². The fourth-order valence-corrected chi connectivity index (χ4v) is 3.74. The van der Waals surface area contributed by atoms with E-state index in [1.165, 1.54) is 0 Å². The molecule has 2 N–H and O–H groups in total. The van der Waals surface area contributed by atoms with E-state index in [0.717, 1.165) is 36.0 Å². The van der Waals surface area contributed by atoms with Crippen molar-refractivity contribution in [2.24, 2.45) is 5.92 Å². The van der Waals surface area contributed by atoms with E-state index < -0.39 is 0 Å². The SMILES string of the molecule is CC(C)CN1CCO[C@@H](CNC(=O)CNC(=O)Cc2cccc3ccccc23)C1. The Hall–Kier alpha value is -2.44. The largest absolute Gasteiger partial charge is 0.374 e. The molecule has 1 fully saturated rings. The number of benzene rings is 2. The summed E-state index contributed by atoms with van der Waals surface area (Å²) in [5.41, 5.74) is 0.960. The molecule has 1 heterocycles. The van der Waals surface area contributed by atoms with E-state index in [9.17, 15) is 9.59 Å². The first kappa shape index (κ1) is 21.3. The number of rotatable bonds is 8. The number of ether oxygens (including phenoxy) is 1. The Morgan fingerprint density at radius 2 is 1.90 bits per heavy atom. The Bertz CT molecular complexity index is 832. The maximum absolute atomic E-state index is 12.3. The minimum Gasteiger partial charge on any atom is -0.374 e. The number of carbonyl (C=O) groups is 2. The van der Waals surface area contributed by atoms with Gasteiger partial charge in [0.15, 0.2) is 0 Å². The summed E-state index contributed by atoms with van der Waals surface area (Å²) in [4.78, 5) is 26.8. The molecule has 2 aromatic carbocycles. The van der Waals surface area contributed by atoms with Gasteiger partial charge >= 0.3 is 0 Å². The maximum Gasteiger partial charge on any atom is 0.239 e. The zero-order valence-electron chi connectivity index (χ0n) is 17.3. The zero-order valence-corrected chi connectivity index (χ0v) is 17.3. The molecule has 0 bridgehead atoms. The number of carbonyl (C=O) groups excluding carboxylic acids is 2. The van der Waals surface area contributed by atoms with Crippen LogP contribution in [0.2, 0.25) is 0 Å². The van der Waals surface area contributed by atoms with Gasteiger partial charge in [0.05, 0.1) is 25.7 Å². The lowest BCUT2D eigenvalue weighted by Gasteiger charge is -2.33. The number of hydrogen-bond donors (Lipinski definition) is 2. The van der Waals surface area contributed by atoms with Crippen LogP contribution >= 0.6 is 0 Å². The third kappa shape index (κ3) is 6.54. The van der Waals surface area contributed by atoms with E-state index >= 15 is 0 Å².